The fourth-order valence-electron chi connectivity index (χ4n) is 2.54. The summed E-state index contributed by atoms with van der Waals surface area (Å²) in [6.07, 6.45) is 6.05. The summed E-state index contributed by atoms with van der Waals surface area (Å²) < 4.78 is 12.6. The Labute approximate surface area is 139 Å². The Kier molecular flexibility index (Phi) is 4.81. The molecular formula is C17H20N4O3. The maximum atomic E-state index is 8.90. The third-order valence-corrected chi connectivity index (χ3v) is 3.73. The molecule has 24 heavy (non-hydrogen) atoms. The van der Waals surface area contributed by atoms with Gasteiger partial charge in [0.15, 0.2) is 23.0 Å². The fraction of sp³-hybridized carbons (Fsp3) is 0.294. The van der Waals surface area contributed by atoms with E-state index >= 15 is 0 Å². The molecule has 0 spiro atoms. The third-order valence-electron chi connectivity index (χ3n) is 3.73. The number of hydrogen-bond donors (Lipinski definition) is 2. The number of methoxy groups -OCH3 is 2. The molecule has 7 nitrogen and oxygen atoms in total. The number of hydrogen-bond acceptors (Lipinski definition) is 6. The van der Waals surface area contributed by atoms with Crippen molar-refractivity contribution in [3.8, 4) is 22.8 Å². The Morgan fingerprint density at radius 1 is 1.17 bits per heavy atom. The highest BCUT2D eigenvalue weighted by Crippen LogP contribution is 2.32. The van der Waals surface area contributed by atoms with Crippen molar-refractivity contribution in [3.63, 3.8) is 0 Å². The largest absolute Gasteiger partial charge is 0.493 e. The summed E-state index contributed by atoms with van der Waals surface area (Å²) in [4.78, 5) is 8.80. The molecule has 2 heterocycles. The van der Waals surface area contributed by atoms with Gasteiger partial charge in [-0.15, -0.1) is 0 Å². The molecule has 3 rings (SSSR count). The summed E-state index contributed by atoms with van der Waals surface area (Å²) in [5.74, 6) is 2.04. The van der Waals surface area contributed by atoms with Crippen molar-refractivity contribution < 1.29 is 14.6 Å². The molecule has 0 unspecified atom stereocenters. The van der Waals surface area contributed by atoms with Gasteiger partial charge in [-0.3, -0.25) is 4.40 Å². The molecule has 2 aromatic heterocycles. The maximum absolute atomic E-state index is 8.90. The van der Waals surface area contributed by atoms with Gasteiger partial charge in [-0.2, -0.15) is 0 Å². The van der Waals surface area contributed by atoms with Gasteiger partial charge in [0, 0.05) is 31.1 Å². The van der Waals surface area contributed by atoms with Crippen molar-refractivity contribution in [2.24, 2.45) is 0 Å². The quantitative estimate of drug-likeness (QED) is 0.647. The summed E-state index contributed by atoms with van der Waals surface area (Å²) in [5, 5.41) is 12.1. The van der Waals surface area contributed by atoms with Crippen LogP contribution in [0.25, 0.3) is 16.9 Å². The van der Waals surface area contributed by atoms with E-state index in [4.69, 9.17) is 14.6 Å². The number of aliphatic hydroxyl groups excluding tert-OH is 1. The standard InChI is InChI=1S/C17H20N4O3/c1-23-14-5-4-12(10-15(14)24-2)13-11-20-17-16(18-6-3-9-22)19-7-8-21(13)17/h4-5,7-8,10-11,22H,3,6,9H2,1-2H3,(H,18,19). The monoisotopic (exact) mass is 328 g/mol. The minimum atomic E-state index is 0.140. The summed E-state index contributed by atoms with van der Waals surface area (Å²) >= 11 is 0. The van der Waals surface area contributed by atoms with Crippen LogP contribution < -0.4 is 14.8 Å². The van der Waals surface area contributed by atoms with Gasteiger partial charge in [0.1, 0.15) is 0 Å². The summed E-state index contributed by atoms with van der Waals surface area (Å²) in [6, 6.07) is 5.75. The van der Waals surface area contributed by atoms with E-state index in [0.29, 0.717) is 30.3 Å². The van der Waals surface area contributed by atoms with Gasteiger partial charge < -0.3 is 19.9 Å². The molecule has 0 aliphatic carbocycles. The number of aliphatic hydroxyl groups is 1. The molecule has 1 aromatic carbocycles. The fourth-order valence-corrected chi connectivity index (χ4v) is 2.54. The molecule has 0 fully saturated rings. The highest BCUT2D eigenvalue weighted by atomic mass is 16.5. The first-order valence-corrected chi connectivity index (χ1v) is 7.67. The van der Waals surface area contributed by atoms with Gasteiger partial charge in [0.05, 0.1) is 26.1 Å². The first kappa shape index (κ1) is 16.1. The highest BCUT2D eigenvalue weighted by molar-refractivity contribution is 5.72. The second-order valence-corrected chi connectivity index (χ2v) is 5.19. The van der Waals surface area contributed by atoms with E-state index in [0.717, 1.165) is 16.9 Å². The maximum Gasteiger partial charge on any atom is 0.180 e. The summed E-state index contributed by atoms with van der Waals surface area (Å²) in [7, 11) is 3.23. The Morgan fingerprint density at radius 3 is 2.75 bits per heavy atom. The number of nitrogens with zero attached hydrogens (tertiary/aromatic N) is 3. The van der Waals surface area contributed by atoms with E-state index < -0.39 is 0 Å². The van der Waals surface area contributed by atoms with Gasteiger partial charge >= 0.3 is 0 Å². The SMILES string of the molecule is COc1ccc(-c2cnc3c(NCCCO)nccn23)cc1OC. The van der Waals surface area contributed by atoms with E-state index in [9.17, 15) is 0 Å². The van der Waals surface area contributed by atoms with Crippen LogP contribution in [0.2, 0.25) is 0 Å². The van der Waals surface area contributed by atoms with E-state index in [1.807, 2.05) is 28.8 Å². The van der Waals surface area contributed by atoms with Crippen LogP contribution in [0.5, 0.6) is 11.5 Å². The molecule has 7 heteroatoms. The molecule has 0 amide bonds. The number of rotatable bonds is 7. The zero-order chi connectivity index (χ0) is 16.9. The Bertz CT molecular complexity index is 832. The highest BCUT2D eigenvalue weighted by Gasteiger charge is 2.12. The number of benzene rings is 1. The topological polar surface area (TPSA) is 80.9 Å². The first-order chi connectivity index (χ1) is 11.8. The van der Waals surface area contributed by atoms with Crippen LogP contribution in [0, 0.1) is 0 Å². The minimum absolute atomic E-state index is 0.140. The Hall–Kier alpha value is -2.80. The molecule has 2 N–H and O–H groups in total. The smallest absolute Gasteiger partial charge is 0.180 e. The van der Waals surface area contributed by atoms with E-state index in [-0.39, 0.29) is 6.61 Å². The second-order valence-electron chi connectivity index (χ2n) is 5.19. The number of aromatic nitrogens is 3. The van der Waals surface area contributed by atoms with Gasteiger partial charge in [-0.05, 0) is 24.6 Å². The number of fused-ring (bicyclic) bond motifs is 1. The molecule has 0 atom stereocenters. The van der Waals surface area contributed by atoms with Crippen LogP contribution in [0.1, 0.15) is 6.42 Å². The van der Waals surface area contributed by atoms with Gasteiger partial charge in [0.2, 0.25) is 0 Å². The molecular weight excluding hydrogens is 308 g/mol. The average molecular weight is 328 g/mol. The van der Waals surface area contributed by atoms with Crippen molar-refractivity contribution >= 4 is 11.5 Å². The molecule has 0 radical (unpaired) electrons. The van der Waals surface area contributed by atoms with Crippen LogP contribution in [0.15, 0.2) is 36.8 Å². The second kappa shape index (κ2) is 7.18. The lowest BCUT2D eigenvalue weighted by Gasteiger charge is -2.10. The lowest BCUT2D eigenvalue weighted by Crippen LogP contribution is -2.06. The molecule has 0 aliphatic rings. The summed E-state index contributed by atoms with van der Waals surface area (Å²) in [5.41, 5.74) is 2.63. The van der Waals surface area contributed by atoms with Crippen LogP contribution in [0.3, 0.4) is 0 Å². The van der Waals surface area contributed by atoms with Gasteiger partial charge in [-0.25, -0.2) is 9.97 Å². The van der Waals surface area contributed by atoms with Gasteiger partial charge in [-0.1, -0.05) is 0 Å². The third kappa shape index (κ3) is 2.98. The zero-order valence-electron chi connectivity index (χ0n) is 13.7. The summed E-state index contributed by atoms with van der Waals surface area (Å²) in [6.45, 7) is 0.781. The average Bonchev–Trinajstić information content (AvgIpc) is 3.06. The number of ether oxygens (including phenoxy) is 2. The first-order valence-electron chi connectivity index (χ1n) is 7.67. The predicted octanol–water partition coefficient (Wildman–Crippen LogP) is 2.21. The Morgan fingerprint density at radius 2 is 2.00 bits per heavy atom. The molecule has 0 saturated heterocycles. The molecule has 126 valence electrons. The number of nitrogens with one attached hydrogen (secondary N) is 1. The Balaban J connectivity index is 2.00. The molecule has 3 aromatic rings. The lowest BCUT2D eigenvalue weighted by atomic mass is 10.1. The zero-order valence-corrected chi connectivity index (χ0v) is 13.7. The normalized spacial score (nSPS) is 10.8. The van der Waals surface area contributed by atoms with Crippen LogP contribution >= 0.6 is 0 Å². The van der Waals surface area contributed by atoms with Crippen molar-refractivity contribution in [1.29, 1.82) is 0 Å². The number of anilines is 1. The van der Waals surface area contributed by atoms with Crippen molar-refractivity contribution in [2.75, 3.05) is 32.7 Å². The van der Waals surface area contributed by atoms with Crippen LogP contribution in [-0.4, -0.2) is 46.8 Å². The van der Waals surface area contributed by atoms with Crippen molar-refractivity contribution in [3.05, 3.63) is 36.8 Å². The van der Waals surface area contributed by atoms with E-state index in [1.54, 1.807) is 26.6 Å². The minimum Gasteiger partial charge on any atom is -0.493 e. The molecule has 0 saturated carbocycles. The van der Waals surface area contributed by atoms with Gasteiger partial charge in [0.25, 0.3) is 0 Å². The van der Waals surface area contributed by atoms with E-state index in [2.05, 4.69) is 15.3 Å². The van der Waals surface area contributed by atoms with E-state index in [1.165, 1.54) is 0 Å². The van der Waals surface area contributed by atoms with Crippen LogP contribution in [-0.2, 0) is 0 Å². The molecule has 0 aliphatic heterocycles. The predicted molar refractivity (Wildman–Crippen MR) is 91.7 cm³/mol. The van der Waals surface area contributed by atoms with Crippen LogP contribution in [0.4, 0.5) is 5.82 Å². The molecule has 0 bridgehead atoms. The number of imidazole rings is 1. The lowest BCUT2D eigenvalue weighted by molar-refractivity contribution is 0.292. The van der Waals surface area contributed by atoms with Crippen molar-refractivity contribution in [1.82, 2.24) is 14.4 Å². The van der Waals surface area contributed by atoms with Crippen molar-refractivity contribution in [2.45, 2.75) is 6.42 Å².